The van der Waals surface area contributed by atoms with Crippen molar-refractivity contribution < 1.29 is 4.92 Å². The molecule has 0 aliphatic rings. The molecule has 0 aliphatic carbocycles. The van der Waals surface area contributed by atoms with Gasteiger partial charge in [-0.2, -0.15) is 5.10 Å². The Bertz CT molecular complexity index is 527. The lowest BCUT2D eigenvalue weighted by atomic mass is 10.2. The number of anilines is 1. The van der Waals surface area contributed by atoms with Crippen molar-refractivity contribution >= 4 is 34.0 Å². The maximum absolute atomic E-state index is 10.6. The molecule has 6 nitrogen and oxygen atoms in total. The summed E-state index contributed by atoms with van der Waals surface area (Å²) in [6.07, 6.45) is 3.52. The van der Waals surface area contributed by atoms with Gasteiger partial charge >= 0.3 is 0 Å². The minimum Gasteiger partial charge on any atom is -0.381 e. The summed E-state index contributed by atoms with van der Waals surface area (Å²) in [4.78, 5) is 10.3. The zero-order valence-corrected chi connectivity index (χ0v) is 10.8. The Morgan fingerprint density at radius 2 is 2.35 bits per heavy atom. The Morgan fingerprint density at radius 1 is 1.53 bits per heavy atom. The van der Waals surface area contributed by atoms with E-state index in [1.807, 2.05) is 22.6 Å². The molecule has 1 heterocycles. The Balaban J connectivity index is 2.07. The highest BCUT2D eigenvalue weighted by Gasteiger charge is 2.11. The first kappa shape index (κ1) is 11.8. The normalized spacial score (nSPS) is 10.2. The third-order valence-corrected chi connectivity index (χ3v) is 3.06. The van der Waals surface area contributed by atoms with Gasteiger partial charge < -0.3 is 5.32 Å². The van der Waals surface area contributed by atoms with Crippen LogP contribution in [0.4, 0.5) is 11.4 Å². The van der Waals surface area contributed by atoms with Crippen molar-refractivity contribution in [2.24, 2.45) is 0 Å². The average Bonchev–Trinajstić information content (AvgIpc) is 2.78. The number of nitrogens with one attached hydrogen (secondary N) is 2. The molecule has 0 atom stereocenters. The predicted molar refractivity (Wildman–Crippen MR) is 71.7 cm³/mol. The molecule has 2 N–H and O–H groups in total. The second-order valence-corrected chi connectivity index (χ2v) is 4.55. The Hall–Kier alpha value is -1.64. The second kappa shape index (κ2) is 5.13. The molecule has 2 rings (SSSR count). The number of nitro benzene ring substituents is 1. The highest BCUT2D eigenvalue weighted by molar-refractivity contribution is 14.1. The summed E-state index contributed by atoms with van der Waals surface area (Å²) in [6.45, 7) is 0.629. The summed E-state index contributed by atoms with van der Waals surface area (Å²) in [7, 11) is 0. The van der Waals surface area contributed by atoms with Gasteiger partial charge in [-0.15, -0.1) is 0 Å². The molecule has 1 aromatic carbocycles. The maximum atomic E-state index is 10.6. The quantitative estimate of drug-likeness (QED) is 0.507. The monoisotopic (exact) mass is 344 g/mol. The van der Waals surface area contributed by atoms with Gasteiger partial charge in [0.05, 0.1) is 14.7 Å². The highest BCUT2D eigenvalue weighted by atomic mass is 127. The van der Waals surface area contributed by atoms with E-state index in [0.717, 1.165) is 11.3 Å². The van der Waals surface area contributed by atoms with Gasteiger partial charge in [0.15, 0.2) is 0 Å². The maximum Gasteiger partial charge on any atom is 0.282 e. The van der Waals surface area contributed by atoms with Crippen LogP contribution in [0, 0.1) is 13.7 Å². The molecular formula is C10H9IN4O2. The number of halogens is 1. The molecule has 2 aromatic rings. The Kier molecular flexibility index (Phi) is 3.57. The smallest absolute Gasteiger partial charge is 0.282 e. The zero-order valence-electron chi connectivity index (χ0n) is 8.68. The second-order valence-electron chi connectivity index (χ2n) is 3.38. The van der Waals surface area contributed by atoms with Crippen molar-refractivity contribution in [3.8, 4) is 0 Å². The molecule has 0 fully saturated rings. The molecule has 0 amide bonds. The molecule has 0 aliphatic heterocycles. The van der Waals surface area contributed by atoms with Gasteiger partial charge in [0, 0.05) is 30.1 Å². The molecule has 0 saturated carbocycles. The van der Waals surface area contributed by atoms with Crippen LogP contribution >= 0.6 is 22.6 Å². The predicted octanol–water partition coefficient (Wildman–Crippen LogP) is 2.53. The summed E-state index contributed by atoms with van der Waals surface area (Å²) in [5.41, 5.74) is 2.00. The number of H-pyrrole nitrogens is 1. The molecule has 0 saturated heterocycles. The first-order valence-electron chi connectivity index (χ1n) is 4.82. The van der Waals surface area contributed by atoms with Crippen LogP contribution in [0.25, 0.3) is 0 Å². The van der Waals surface area contributed by atoms with Crippen LogP contribution in [-0.2, 0) is 6.54 Å². The van der Waals surface area contributed by atoms with E-state index in [-0.39, 0.29) is 10.6 Å². The Labute approximate surface area is 111 Å². The van der Waals surface area contributed by atoms with Crippen molar-refractivity contribution in [2.75, 3.05) is 5.32 Å². The summed E-state index contributed by atoms with van der Waals surface area (Å²) >= 11 is 1.95. The van der Waals surface area contributed by atoms with Crippen LogP contribution in [0.1, 0.15) is 5.56 Å². The summed E-state index contributed by atoms with van der Waals surface area (Å²) < 4.78 is 0.616. The van der Waals surface area contributed by atoms with Crippen LogP contribution in [0.15, 0.2) is 30.6 Å². The topological polar surface area (TPSA) is 83.8 Å². The van der Waals surface area contributed by atoms with E-state index in [4.69, 9.17) is 0 Å². The third-order valence-electron chi connectivity index (χ3n) is 2.20. The van der Waals surface area contributed by atoms with Crippen molar-refractivity contribution in [3.63, 3.8) is 0 Å². The van der Waals surface area contributed by atoms with Crippen molar-refractivity contribution in [1.82, 2.24) is 10.2 Å². The largest absolute Gasteiger partial charge is 0.381 e. The van der Waals surface area contributed by atoms with Crippen molar-refractivity contribution in [1.29, 1.82) is 0 Å². The summed E-state index contributed by atoms with van der Waals surface area (Å²) in [6, 6.07) is 4.94. The van der Waals surface area contributed by atoms with Gasteiger partial charge in [-0.1, -0.05) is 0 Å². The van der Waals surface area contributed by atoms with Gasteiger partial charge in [0.2, 0.25) is 0 Å². The fraction of sp³-hybridized carbons (Fsp3) is 0.100. The van der Waals surface area contributed by atoms with Gasteiger partial charge in [-0.05, 0) is 34.7 Å². The van der Waals surface area contributed by atoms with Crippen LogP contribution in [-0.4, -0.2) is 15.1 Å². The molecule has 0 radical (unpaired) electrons. The van der Waals surface area contributed by atoms with E-state index in [1.165, 1.54) is 6.07 Å². The molecule has 17 heavy (non-hydrogen) atoms. The van der Waals surface area contributed by atoms with Crippen LogP contribution in [0.5, 0.6) is 0 Å². The van der Waals surface area contributed by atoms with Crippen LogP contribution < -0.4 is 5.32 Å². The van der Waals surface area contributed by atoms with Crippen molar-refractivity contribution in [2.45, 2.75) is 6.54 Å². The number of hydrogen-bond donors (Lipinski definition) is 2. The van der Waals surface area contributed by atoms with E-state index < -0.39 is 0 Å². The summed E-state index contributed by atoms with van der Waals surface area (Å²) in [5.74, 6) is 0. The molecule has 0 bridgehead atoms. The number of aromatic amines is 1. The SMILES string of the molecule is O=[N+]([O-])c1ccc(NCc2cn[nH]c2)cc1I. The van der Waals surface area contributed by atoms with Crippen molar-refractivity contribution in [3.05, 3.63) is 49.8 Å². The average molecular weight is 344 g/mol. The standard InChI is InChI=1S/C10H9IN4O2/c11-9-3-8(1-2-10(9)15(16)17)12-4-7-5-13-14-6-7/h1-3,5-6,12H,4H2,(H,13,14). The molecule has 7 heteroatoms. The minimum atomic E-state index is -0.387. The number of benzene rings is 1. The first-order chi connectivity index (χ1) is 8.16. The van der Waals surface area contributed by atoms with Gasteiger partial charge in [-0.3, -0.25) is 15.2 Å². The number of rotatable bonds is 4. The number of nitrogens with zero attached hydrogens (tertiary/aromatic N) is 2. The number of aromatic nitrogens is 2. The lowest BCUT2D eigenvalue weighted by Gasteiger charge is -2.05. The van der Waals surface area contributed by atoms with Crippen LogP contribution in [0.2, 0.25) is 0 Å². The summed E-state index contributed by atoms with van der Waals surface area (Å²) in [5, 5.41) is 20.4. The molecule has 88 valence electrons. The lowest BCUT2D eigenvalue weighted by Crippen LogP contribution is -1.99. The zero-order chi connectivity index (χ0) is 12.3. The highest BCUT2D eigenvalue weighted by Crippen LogP contribution is 2.24. The fourth-order valence-corrected chi connectivity index (χ4v) is 2.06. The van der Waals surface area contributed by atoms with Gasteiger partial charge in [0.25, 0.3) is 5.69 Å². The molecule has 1 aromatic heterocycles. The number of hydrogen-bond acceptors (Lipinski definition) is 4. The minimum absolute atomic E-state index is 0.125. The Morgan fingerprint density at radius 3 is 2.94 bits per heavy atom. The molecule has 0 spiro atoms. The van der Waals surface area contributed by atoms with E-state index in [1.54, 1.807) is 24.5 Å². The molecular weight excluding hydrogens is 335 g/mol. The fourth-order valence-electron chi connectivity index (χ4n) is 1.34. The van der Waals surface area contributed by atoms with Crippen LogP contribution in [0.3, 0.4) is 0 Å². The lowest BCUT2D eigenvalue weighted by molar-refractivity contribution is -0.385. The third kappa shape index (κ3) is 2.93. The van der Waals surface area contributed by atoms with E-state index in [0.29, 0.717) is 10.1 Å². The van der Waals surface area contributed by atoms with E-state index in [2.05, 4.69) is 15.5 Å². The number of nitro groups is 1. The van der Waals surface area contributed by atoms with E-state index >= 15 is 0 Å². The van der Waals surface area contributed by atoms with Gasteiger partial charge in [0.1, 0.15) is 0 Å². The first-order valence-corrected chi connectivity index (χ1v) is 5.90. The molecule has 0 unspecified atom stereocenters. The van der Waals surface area contributed by atoms with Gasteiger partial charge in [-0.25, -0.2) is 0 Å². The van der Waals surface area contributed by atoms with E-state index in [9.17, 15) is 10.1 Å².